The standard InChI is InChI=1S/C9H13N3S/c1-2-7-3-6(1)4-8(7)12-9-10-5-11-13-9/h5-8H,1-4H2,(H,10,11,12). The Morgan fingerprint density at radius 3 is 3.00 bits per heavy atom. The highest BCUT2D eigenvalue weighted by molar-refractivity contribution is 7.09. The number of anilines is 1. The number of nitrogens with one attached hydrogen (secondary N) is 1. The van der Waals surface area contributed by atoms with E-state index in [1.165, 1.54) is 37.2 Å². The van der Waals surface area contributed by atoms with Crippen molar-refractivity contribution >= 4 is 16.7 Å². The summed E-state index contributed by atoms with van der Waals surface area (Å²) in [5.41, 5.74) is 0. The predicted octanol–water partition coefficient (Wildman–Crippen LogP) is 2.14. The third kappa shape index (κ3) is 1.33. The Balaban J connectivity index is 1.68. The van der Waals surface area contributed by atoms with Crippen LogP contribution in [-0.4, -0.2) is 15.4 Å². The first-order valence-corrected chi connectivity index (χ1v) is 5.72. The van der Waals surface area contributed by atoms with Crippen molar-refractivity contribution in [2.45, 2.75) is 31.7 Å². The Morgan fingerprint density at radius 1 is 1.38 bits per heavy atom. The first-order chi connectivity index (χ1) is 6.42. The normalized spacial score (nSPS) is 36.8. The highest BCUT2D eigenvalue weighted by Gasteiger charge is 2.39. The van der Waals surface area contributed by atoms with Crippen LogP contribution in [0.2, 0.25) is 0 Å². The van der Waals surface area contributed by atoms with Crippen LogP contribution >= 0.6 is 11.5 Å². The summed E-state index contributed by atoms with van der Waals surface area (Å²) in [6.07, 6.45) is 7.29. The SMILES string of the molecule is c1nsc(NC2CC3CCC2C3)n1. The molecule has 70 valence electrons. The maximum atomic E-state index is 4.16. The van der Waals surface area contributed by atoms with Gasteiger partial charge in [0.1, 0.15) is 6.33 Å². The zero-order valence-electron chi connectivity index (χ0n) is 7.44. The summed E-state index contributed by atoms with van der Waals surface area (Å²) in [6, 6.07) is 0.687. The zero-order valence-corrected chi connectivity index (χ0v) is 8.26. The smallest absolute Gasteiger partial charge is 0.202 e. The van der Waals surface area contributed by atoms with Crippen molar-refractivity contribution in [3.8, 4) is 0 Å². The van der Waals surface area contributed by atoms with Crippen LogP contribution in [0.5, 0.6) is 0 Å². The van der Waals surface area contributed by atoms with Gasteiger partial charge in [0.2, 0.25) is 5.13 Å². The molecule has 1 heterocycles. The fourth-order valence-electron chi connectivity index (χ4n) is 2.82. The lowest BCUT2D eigenvalue weighted by Crippen LogP contribution is -2.25. The van der Waals surface area contributed by atoms with Crippen molar-refractivity contribution in [1.29, 1.82) is 0 Å². The minimum absolute atomic E-state index is 0.687. The Morgan fingerprint density at radius 2 is 2.38 bits per heavy atom. The van der Waals surface area contributed by atoms with E-state index in [-0.39, 0.29) is 0 Å². The van der Waals surface area contributed by atoms with E-state index in [4.69, 9.17) is 0 Å². The Labute approximate surface area is 81.7 Å². The molecule has 0 aliphatic heterocycles. The van der Waals surface area contributed by atoms with Gasteiger partial charge in [0.05, 0.1) is 0 Å². The second kappa shape index (κ2) is 2.94. The molecule has 0 saturated heterocycles. The van der Waals surface area contributed by atoms with Crippen LogP contribution in [0.1, 0.15) is 25.7 Å². The topological polar surface area (TPSA) is 37.8 Å². The molecule has 2 fully saturated rings. The number of hydrogen-bond donors (Lipinski definition) is 1. The average Bonchev–Trinajstić information content (AvgIpc) is 2.77. The maximum absolute atomic E-state index is 4.16. The van der Waals surface area contributed by atoms with Gasteiger partial charge in [-0.25, -0.2) is 4.98 Å². The molecule has 2 saturated carbocycles. The van der Waals surface area contributed by atoms with Crippen molar-refractivity contribution in [3.63, 3.8) is 0 Å². The summed E-state index contributed by atoms with van der Waals surface area (Å²) in [4.78, 5) is 4.16. The summed E-state index contributed by atoms with van der Waals surface area (Å²) in [6.45, 7) is 0. The van der Waals surface area contributed by atoms with Crippen LogP contribution < -0.4 is 5.32 Å². The van der Waals surface area contributed by atoms with Gasteiger partial charge in [0, 0.05) is 17.6 Å². The molecule has 0 amide bonds. The lowest BCUT2D eigenvalue weighted by Gasteiger charge is -2.21. The summed E-state index contributed by atoms with van der Waals surface area (Å²) < 4.78 is 3.99. The van der Waals surface area contributed by atoms with E-state index in [0.29, 0.717) is 6.04 Å². The van der Waals surface area contributed by atoms with Crippen LogP contribution in [0.4, 0.5) is 5.13 Å². The highest BCUT2D eigenvalue weighted by atomic mass is 32.1. The van der Waals surface area contributed by atoms with Gasteiger partial charge in [0.25, 0.3) is 0 Å². The van der Waals surface area contributed by atoms with Crippen molar-refractivity contribution in [3.05, 3.63) is 6.33 Å². The number of hydrogen-bond acceptors (Lipinski definition) is 4. The summed E-state index contributed by atoms with van der Waals surface area (Å²) >= 11 is 1.46. The van der Waals surface area contributed by atoms with E-state index in [2.05, 4.69) is 14.7 Å². The van der Waals surface area contributed by atoms with Gasteiger partial charge in [-0.3, -0.25) is 0 Å². The lowest BCUT2D eigenvalue weighted by atomic mass is 9.96. The van der Waals surface area contributed by atoms with Gasteiger partial charge in [-0.1, -0.05) is 6.42 Å². The molecule has 2 bridgehead atoms. The predicted molar refractivity (Wildman–Crippen MR) is 52.8 cm³/mol. The van der Waals surface area contributed by atoms with Crippen LogP contribution in [-0.2, 0) is 0 Å². The van der Waals surface area contributed by atoms with Crippen molar-refractivity contribution in [1.82, 2.24) is 9.36 Å². The van der Waals surface area contributed by atoms with Gasteiger partial charge >= 0.3 is 0 Å². The Bertz CT molecular complexity index is 285. The van der Waals surface area contributed by atoms with Gasteiger partial charge in [0.15, 0.2) is 0 Å². The number of fused-ring (bicyclic) bond motifs is 2. The van der Waals surface area contributed by atoms with E-state index in [9.17, 15) is 0 Å². The van der Waals surface area contributed by atoms with Gasteiger partial charge in [-0.2, -0.15) is 4.37 Å². The minimum Gasteiger partial charge on any atom is -0.357 e. The van der Waals surface area contributed by atoms with E-state index >= 15 is 0 Å². The summed E-state index contributed by atoms with van der Waals surface area (Å²) in [5.74, 6) is 1.91. The van der Waals surface area contributed by atoms with Crippen molar-refractivity contribution in [2.24, 2.45) is 11.8 Å². The molecule has 1 aromatic heterocycles. The molecule has 13 heavy (non-hydrogen) atoms. The third-order valence-electron chi connectivity index (χ3n) is 3.41. The van der Waals surface area contributed by atoms with Gasteiger partial charge in [-0.15, -0.1) is 0 Å². The Kier molecular flexibility index (Phi) is 1.75. The van der Waals surface area contributed by atoms with E-state index in [0.717, 1.165) is 17.0 Å². The second-order valence-electron chi connectivity index (χ2n) is 4.17. The van der Waals surface area contributed by atoms with Crippen LogP contribution in [0.15, 0.2) is 6.33 Å². The first-order valence-electron chi connectivity index (χ1n) is 4.95. The fourth-order valence-corrected chi connectivity index (χ4v) is 3.31. The number of nitrogens with zero attached hydrogens (tertiary/aromatic N) is 2. The van der Waals surface area contributed by atoms with Crippen molar-refractivity contribution < 1.29 is 0 Å². The molecule has 0 aromatic carbocycles. The fraction of sp³-hybridized carbons (Fsp3) is 0.778. The molecular formula is C9H13N3S. The third-order valence-corrected chi connectivity index (χ3v) is 4.00. The second-order valence-corrected chi connectivity index (χ2v) is 4.95. The lowest BCUT2D eigenvalue weighted by molar-refractivity contribution is 0.439. The molecule has 0 spiro atoms. The molecule has 2 aliphatic carbocycles. The first kappa shape index (κ1) is 7.74. The van der Waals surface area contributed by atoms with Crippen LogP contribution in [0.25, 0.3) is 0 Å². The molecule has 3 rings (SSSR count). The monoisotopic (exact) mass is 195 g/mol. The highest BCUT2D eigenvalue weighted by Crippen LogP contribution is 2.45. The molecule has 0 radical (unpaired) electrons. The number of rotatable bonds is 2. The minimum atomic E-state index is 0.687. The number of aromatic nitrogens is 2. The van der Waals surface area contributed by atoms with E-state index in [1.807, 2.05) is 0 Å². The van der Waals surface area contributed by atoms with Gasteiger partial charge in [-0.05, 0) is 31.1 Å². The molecule has 3 nitrogen and oxygen atoms in total. The molecule has 1 N–H and O–H groups in total. The molecule has 4 heteroatoms. The molecule has 3 unspecified atom stereocenters. The van der Waals surface area contributed by atoms with E-state index in [1.54, 1.807) is 6.33 Å². The van der Waals surface area contributed by atoms with E-state index < -0.39 is 0 Å². The Hall–Kier alpha value is -0.640. The quantitative estimate of drug-likeness (QED) is 0.785. The molecule has 1 aromatic rings. The van der Waals surface area contributed by atoms with Crippen molar-refractivity contribution in [2.75, 3.05) is 5.32 Å². The maximum Gasteiger partial charge on any atom is 0.202 e. The molecule has 3 atom stereocenters. The summed E-state index contributed by atoms with van der Waals surface area (Å²) in [5, 5.41) is 4.49. The van der Waals surface area contributed by atoms with Gasteiger partial charge < -0.3 is 5.32 Å². The average molecular weight is 195 g/mol. The van der Waals surface area contributed by atoms with Crippen LogP contribution in [0.3, 0.4) is 0 Å². The molecule has 2 aliphatic rings. The molecular weight excluding hydrogens is 182 g/mol. The largest absolute Gasteiger partial charge is 0.357 e. The zero-order chi connectivity index (χ0) is 8.67. The van der Waals surface area contributed by atoms with Crippen LogP contribution in [0, 0.1) is 11.8 Å². The summed E-state index contributed by atoms with van der Waals surface area (Å²) in [7, 11) is 0.